The molecule has 0 saturated heterocycles. The summed E-state index contributed by atoms with van der Waals surface area (Å²) in [4.78, 5) is 0. The predicted molar refractivity (Wildman–Crippen MR) is 90.1 cm³/mol. The standard InChI is InChI=1S/C19H26BO/c1-14-17-12-16(19(17,2)3)13-18(14)20-21-11-7-10-15-8-5-4-6-9-15/h4-10,14,16-18H,11-13H2,1-3H3/b10-7+/t14-,16+,17-,18-/m0/s1. The first-order valence-corrected chi connectivity index (χ1v) is 8.25. The van der Waals surface area contributed by atoms with Gasteiger partial charge in [-0.1, -0.05) is 69.7 Å². The molecule has 0 aromatic heterocycles. The van der Waals surface area contributed by atoms with Crippen molar-refractivity contribution in [1.82, 2.24) is 0 Å². The largest absolute Gasteiger partial charge is 0.437 e. The minimum atomic E-state index is 0.566. The molecule has 1 aromatic carbocycles. The van der Waals surface area contributed by atoms with Crippen LogP contribution in [0.15, 0.2) is 36.4 Å². The van der Waals surface area contributed by atoms with Crippen molar-refractivity contribution >= 4 is 13.6 Å². The zero-order valence-corrected chi connectivity index (χ0v) is 13.5. The molecule has 3 fully saturated rings. The second kappa shape index (κ2) is 6.00. The Labute approximate surface area is 130 Å². The van der Waals surface area contributed by atoms with Gasteiger partial charge in [-0.05, 0) is 41.0 Å². The van der Waals surface area contributed by atoms with Crippen LogP contribution in [0.1, 0.15) is 39.2 Å². The summed E-state index contributed by atoms with van der Waals surface area (Å²) in [6, 6.07) is 10.4. The number of rotatable bonds is 5. The Balaban J connectivity index is 1.42. The number of hydrogen-bond acceptors (Lipinski definition) is 1. The molecular formula is C19H26BO. The first-order chi connectivity index (χ1) is 10.1. The highest BCUT2D eigenvalue weighted by Crippen LogP contribution is 2.64. The summed E-state index contributed by atoms with van der Waals surface area (Å²) in [5.41, 5.74) is 1.80. The van der Waals surface area contributed by atoms with Crippen LogP contribution in [-0.4, -0.2) is 14.1 Å². The summed E-state index contributed by atoms with van der Waals surface area (Å²) in [6.07, 6.45) is 6.97. The van der Waals surface area contributed by atoms with Gasteiger partial charge in [0.2, 0.25) is 0 Å². The van der Waals surface area contributed by atoms with Gasteiger partial charge in [-0.2, -0.15) is 0 Å². The van der Waals surface area contributed by atoms with Crippen molar-refractivity contribution in [2.75, 3.05) is 6.61 Å². The molecule has 1 nitrogen and oxygen atoms in total. The van der Waals surface area contributed by atoms with Crippen LogP contribution < -0.4 is 0 Å². The molecule has 0 heterocycles. The van der Waals surface area contributed by atoms with E-state index in [2.05, 4.69) is 64.7 Å². The molecule has 4 atom stereocenters. The van der Waals surface area contributed by atoms with E-state index in [0.29, 0.717) is 17.8 Å². The van der Waals surface area contributed by atoms with E-state index in [-0.39, 0.29) is 0 Å². The fourth-order valence-electron chi connectivity index (χ4n) is 4.35. The van der Waals surface area contributed by atoms with E-state index in [9.17, 15) is 0 Å². The van der Waals surface area contributed by atoms with Crippen LogP contribution in [-0.2, 0) is 4.65 Å². The van der Waals surface area contributed by atoms with Gasteiger partial charge in [0.25, 0.3) is 7.48 Å². The smallest absolute Gasteiger partial charge is 0.296 e. The summed E-state index contributed by atoms with van der Waals surface area (Å²) in [5.74, 6) is 3.21. The zero-order chi connectivity index (χ0) is 14.9. The normalized spacial score (nSPS) is 33.7. The van der Waals surface area contributed by atoms with Crippen LogP contribution >= 0.6 is 0 Å². The molecule has 111 valence electrons. The third-order valence-electron chi connectivity index (χ3n) is 5.99. The molecule has 1 radical (unpaired) electrons. The molecule has 4 rings (SSSR count). The van der Waals surface area contributed by atoms with Crippen molar-refractivity contribution in [2.45, 2.75) is 39.4 Å². The van der Waals surface area contributed by atoms with Crippen molar-refractivity contribution in [3.63, 3.8) is 0 Å². The van der Waals surface area contributed by atoms with Gasteiger partial charge in [0.15, 0.2) is 0 Å². The lowest BCUT2D eigenvalue weighted by Crippen LogP contribution is -2.54. The number of hydrogen-bond donors (Lipinski definition) is 0. The van der Waals surface area contributed by atoms with Crippen LogP contribution in [0.2, 0.25) is 5.82 Å². The summed E-state index contributed by atoms with van der Waals surface area (Å²) in [6.45, 7) is 7.98. The fraction of sp³-hybridized carbons (Fsp3) is 0.579. The second-order valence-corrected chi connectivity index (χ2v) is 7.40. The van der Waals surface area contributed by atoms with Crippen molar-refractivity contribution in [1.29, 1.82) is 0 Å². The number of fused-ring (bicyclic) bond motifs is 2. The average molecular weight is 281 g/mol. The van der Waals surface area contributed by atoms with Crippen LogP contribution in [0.5, 0.6) is 0 Å². The summed E-state index contributed by atoms with van der Waals surface area (Å²) >= 11 is 0. The first-order valence-electron chi connectivity index (χ1n) is 8.25. The lowest BCUT2D eigenvalue weighted by Gasteiger charge is -2.62. The molecule has 0 unspecified atom stereocenters. The maximum Gasteiger partial charge on any atom is 0.296 e. The van der Waals surface area contributed by atoms with Gasteiger partial charge in [0, 0.05) is 6.61 Å². The summed E-state index contributed by atoms with van der Waals surface area (Å²) < 4.78 is 5.79. The summed E-state index contributed by atoms with van der Waals surface area (Å²) in [5, 5.41) is 0. The minimum Gasteiger partial charge on any atom is -0.437 e. The van der Waals surface area contributed by atoms with Crippen LogP contribution in [0.3, 0.4) is 0 Å². The van der Waals surface area contributed by atoms with Crippen molar-refractivity contribution < 1.29 is 4.65 Å². The lowest BCUT2D eigenvalue weighted by atomic mass is 9.40. The van der Waals surface area contributed by atoms with Crippen LogP contribution in [0.4, 0.5) is 0 Å². The highest BCUT2D eigenvalue weighted by atomic mass is 16.4. The van der Waals surface area contributed by atoms with E-state index >= 15 is 0 Å². The average Bonchev–Trinajstić information content (AvgIpc) is 2.49. The Morgan fingerprint density at radius 2 is 2.00 bits per heavy atom. The maximum absolute atomic E-state index is 5.79. The van der Waals surface area contributed by atoms with Crippen molar-refractivity contribution in [3.8, 4) is 0 Å². The first kappa shape index (κ1) is 14.9. The van der Waals surface area contributed by atoms with Crippen LogP contribution in [0, 0.1) is 23.2 Å². The molecule has 1 aromatic rings. The summed E-state index contributed by atoms with van der Waals surface area (Å²) in [7, 11) is 2.12. The molecule has 3 aliphatic carbocycles. The molecule has 21 heavy (non-hydrogen) atoms. The predicted octanol–water partition coefficient (Wildman–Crippen LogP) is 4.83. The Kier molecular flexibility index (Phi) is 4.26. The van der Waals surface area contributed by atoms with E-state index in [1.54, 1.807) is 0 Å². The molecule has 0 aliphatic heterocycles. The van der Waals surface area contributed by atoms with E-state index in [1.165, 1.54) is 18.4 Å². The highest BCUT2D eigenvalue weighted by Gasteiger charge is 2.56. The Bertz CT molecular complexity index is 494. The van der Waals surface area contributed by atoms with Gasteiger partial charge in [-0.15, -0.1) is 0 Å². The fourth-order valence-corrected chi connectivity index (χ4v) is 4.35. The molecule has 0 amide bonds. The van der Waals surface area contributed by atoms with E-state index in [4.69, 9.17) is 4.65 Å². The minimum absolute atomic E-state index is 0.566. The SMILES string of the molecule is C[C@@H]1[C@@H]([B]OC/C=C/c2ccccc2)C[C@H]2C[C@@H]1C2(C)C. The molecule has 0 spiro atoms. The molecule has 3 saturated carbocycles. The zero-order valence-electron chi connectivity index (χ0n) is 13.5. The molecular weight excluding hydrogens is 255 g/mol. The van der Waals surface area contributed by atoms with Gasteiger partial charge in [0.1, 0.15) is 0 Å². The van der Waals surface area contributed by atoms with E-state index < -0.39 is 0 Å². The monoisotopic (exact) mass is 281 g/mol. The third-order valence-corrected chi connectivity index (χ3v) is 5.99. The van der Waals surface area contributed by atoms with Gasteiger partial charge in [-0.25, -0.2) is 0 Å². The Morgan fingerprint density at radius 1 is 1.24 bits per heavy atom. The van der Waals surface area contributed by atoms with E-state index in [0.717, 1.165) is 17.8 Å². The quantitative estimate of drug-likeness (QED) is 0.555. The Hall–Kier alpha value is -1.02. The maximum atomic E-state index is 5.79. The second-order valence-electron chi connectivity index (χ2n) is 7.40. The van der Waals surface area contributed by atoms with Crippen molar-refractivity contribution in [2.24, 2.45) is 23.2 Å². The highest BCUT2D eigenvalue weighted by molar-refractivity contribution is 6.29. The Morgan fingerprint density at radius 3 is 2.67 bits per heavy atom. The molecule has 2 heteroatoms. The van der Waals surface area contributed by atoms with Crippen molar-refractivity contribution in [3.05, 3.63) is 42.0 Å². The topological polar surface area (TPSA) is 9.23 Å². The van der Waals surface area contributed by atoms with E-state index in [1.807, 2.05) is 6.07 Å². The number of benzene rings is 1. The molecule has 2 bridgehead atoms. The van der Waals surface area contributed by atoms with Gasteiger partial charge in [-0.3, -0.25) is 0 Å². The van der Waals surface area contributed by atoms with Gasteiger partial charge in [0.05, 0.1) is 0 Å². The molecule has 3 aliphatic rings. The lowest BCUT2D eigenvalue weighted by molar-refractivity contribution is -0.1000. The third kappa shape index (κ3) is 2.96. The van der Waals surface area contributed by atoms with Crippen LogP contribution in [0.25, 0.3) is 6.08 Å². The molecule has 0 N–H and O–H groups in total. The van der Waals surface area contributed by atoms with Gasteiger partial charge >= 0.3 is 0 Å². The van der Waals surface area contributed by atoms with Gasteiger partial charge < -0.3 is 4.65 Å².